The van der Waals surface area contributed by atoms with Gasteiger partial charge in [0.25, 0.3) is 0 Å². The zero-order valence-corrected chi connectivity index (χ0v) is 15.0. The number of carbonyl (C=O) groups is 1. The predicted octanol–water partition coefficient (Wildman–Crippen LogP) is 2.79. The Balaban J connectivity index is 2.01. The van der Waals surface area contributed by atoms with Gasteiger partial charge in [0.15, 0.2) is 0 Å². The molecule has 7 nitrogen and oxygen atoms in total. The molecule has 1 atom stereocenters. The van der Waals surface area contributed by atoms with Gasteiger partial charge in [0.2, 0.25) is 0 Å². The van der Waals surface area contributed by atoms with Crippen LogP contribution in [0, 0.1) is 20.8 Å². The largest absolute Gasteiger partial charge is 0.383 e. The molecular weight excluding hydrogens is 314 g/mol. The monoisotopic (exact) mass is 337 g/mol. The number of thiazole rings is 1. The number of ether oxygens (including phenoxy) is 1. The zero-order chi connectivity index (χ0) is 17.0. The van der Waals surface area contributed by atoms with E-state index in [1.807, 2.05) is 38.6 Å². The molecule has 0 saturated heterocycles. The van der Waals surface area contributed by atoms with Gasteiger partial charge in [-0.3, -0.25) is 4.68 Å². The average Bonchev–Trinajstić information content (AvgIpc) is 3.04. The Labute approximate surface area is 140 Å². The minimum atomic E-state index is -0.261. The Kier molecular flexibility index (Phi) is 5.73. The molecule has 0 saturated carbocycles. The van der Waals surface area contributed by atoms with Gasteiger partial charge in [0.1, 0.15) is 5.01 Å². The molecule has 0 bridgehead atoms. The fourth-order valence-electron chi connectivity index (χ4n) is 2.25. The molecule has 0 spiro atoms. The van der Waals surface area contributed by atoms with Crippen molar-refractivity contribution in [2.75, 3.05) is 19.0 Å². The molecule has 0 aromatic carbocycles. The molecule has 0 aliphatic rings. The molecule has 23 heavy (non-hydrogen) atoms. The van der Waals surface area contributed by atoms with Crippen LogP contribution in [-0.4, -0.2) is 34.5 Å². The van der Waals surface area contributed by atoms with E-state index in [-0.39, 0.29) is 12.1 Å². The van der Waals surface area contributed by atoms with Gasteiger partial charge >= 0.3 is 6.03 Å². The number of hydrogen-bond acceptors (Lipinski definition) is 5. The van der Waals surface area contributed by atoms with Crippen LogP contribution >= 0.6 is 11.3 Å². The molecule has 0 unspecified atom stereocenters. The second kappa shape index (κ2) is 7.56. The van der Waals surface area contributed by atoms with E-state index in [4.69, 9.17) is 4.74 Å². The third-order valence-corrected chi connectivity index (χ3v) is 4.58. The molecule has 2 rings (SSSR count). The Morgan fingerprint density at radius 2 is 2.17 bits per heavy atom. The van der Waals surface area contributed by atoms with E-state index in [0.29, 0.717) is 13.2 Å². The van der Waals surface area contributed by atoms with Gasteiger partial charge < -0.3 is 15.4 Å². The average molecular weight is 337 g/mol. The summed E-state index contributed by atoms with van der Waals surface area (Å²) >= 11 is 1.58. The highest BCUT2D eigenvalue weighted by Crippen LogP contribution is 2.21. The molecule has 2 heterocycles. The van der Waals surface area contributed by atoms with E-state index in [0.717, 1.165) is 27.0 Å². The third kappa shape index (κ3) is 4.29. The highest BCUT2D eigenvalue weighted by Gasteiger charge is 2.17. The maximum Gasteiger partial charge on any atom is 0.319 e. The Hall–Kier alpha value is -1.93. The van der Waals surface area contributed by atoms with Crippen LogP contribution in [-0.2, 0) is 11.3 Å². The van der Waals surface area contributed by atoms with Crippen LogP contribution in [0.1, 0.15) is 34.2 Å². The van der Waals surface area contributed by atoms with E-state index >= 15 is 0 Å². The van der Waals surface area contributed by atoms with Crippen molar-refractivity contribution < 1.29 is 9.53 Å². The highest BCUT2D eigenvalue weighted by atomic mass is 32.1. The molecular formula is C15H23N5O2S. The van der Waals surface area contributed by atoms with Crippen molar-refractivity contribution in [3.05, 3.63) is 27.5 Å². The van der Waals surface area contributed by atoms with Crippen LogP contribution in [0.2, 0.25) is 0 Å². The number of anilines is 1. The van der Waals surface area contributed by atoms with E-state index in [1.165, 1.54) is 0 Å². The first-order valence-electron chi connectivity index (χ1n) is 7.45. The number of methoxy groups -OCH3 is 1. The lowest BCUT2D eigenvalue weighted by molar-refractivity contribution is 0.182. The Bertz CT molecular complexity index is 679. The third-order valence-electron chi connectivity index (χ3n) is 3.48. The first-order chi connectivity index (χ1) is 10.9. The number of aromatic nitrogens is 3. The summed E-state index contributed by atoms with van der Waals surface area (Å²) in [6.45, 7) is 8.95. The Morgan fingerprint density at radius 1 is 1.43 bits per heavy atom. The van der Waals surface area contributed by atoms with Crippen LogP contribution in [0.15, 0.2) is 6.20 Å². The topological polar surface area (TPSA) is 81.1 Å². The molecule has 8 heteroatoms. The second-order valence-corrected chi connectivity index (χ2v) is 6.66. The van der Waals surface area contributed by atoms with E-state index in [9.17, 15) is 4.79 Å². The SMILES string of the molecule is COCCn1nc(C)c(NC(=O)N[C@@H](C)c2ncc(C)s2)c1C. The van der Waals surface area contributed by atoms with Crippen LogP contribution < -0.4 is 10.6 Å². The van der Waals surface area contributed by atoms with Crippen LogP contribution in [0.4, 0.5) is 10.5 Å². The lowest BCUT2D eigenvalue weighted by Gasteiger charge is -2.12. The van der Waals surface area contributed by atoms with Gasteiger partial charge in [-0.25, -0.2) is 9.78 Å². The van der Waals surface area contributed by atoms with Crippen LogP contribution in [0.5, 0.6) is 0 Å². The molecule has 2 aromatic rings. The number of urea groups is 1. The number of carbonyl (C=O) groups excluding carboxylic acids is 1. The van der Waals surface area contributed by atoms with Gasteiger partial charge in [-0.15, -0.1) is 11.3 Å². The minimum Gasteiger partial charge on any atom is -0.383 e. The summed E-state index contributed by atoms with van der Waals surface area (Å²) in [5, 5.41) is 11.1. The van der Waals surface area contributed by atoms with E-state index in [2.05, 4.69) is 20.7 Å². The zero-order valence-electron chi connectivity index (χ0n) is 14.1. The standard InChI is InChI=1S/C15H23N5O2S/c1-9-8-16-14(23-9)11(3)17-15(21)18-13-10(2)19-20(12(13)4)6-7-22-5/h8,11H,6-7H2,1-5H3,(H2,17,18,21)/t11-/m0/s1. The maximum atomic E-state index is 12.2. The van der Waals surface area contributed by atoms with Crippen molar-refractivity contribution in [2.24, 2.45) is 0 Å². The van der Waals surface area contributed by atoms with Crippen LogP contribution in [0.25, 0.3) is 0 Å². The fourth-order valence-corrected chi connectivity index (χ4v) is 3.03. The summed E-state index contributed by atoms with van der Waals surface area (Å²) in [5.41, 5.74) is 2.43. The molecule has 2 amide bonds. The van der Waals surface area contributed by atoms with Crippen molar-refractivity contribution >= 4 is 23.1 Å². The molecule has 2 N–H and O–H groups in total. The van der Waals surface area contributed by atoms with Gasteiger partial charge in [0.05, 0.1) is 36.3 Å². The van der Waals surface area contributed by atoms with Crippen molar-refractivity contribution in [1.29, 1.82) is 0 Å². The van der Waals surface area contributed by atoms with Crippen molar-refractivity contribution in [3.8, 4) is 0 Å². The smallest absolute Gasteiger partial charge is 0.319 e. The first-order valence-corrected chi connectivity index (χ1v) is 8.26. The van der Waals surface area contributed by atoms with Crippen molar-refractivity contribution in [2.45, 2.75) is 40.3 Å². The lowest BCUT2D eigenvalue weighted by atomic mass is 10.3. The summed E-state index contributed by atoms with van der Waals surface area (Å²) in [5.74, 6) is 0. The number of hydrogen-bond donors (Lipinski definition) is 2. The molecule has 126 valence electrons. The van der Waals surface area contributed by atoms with E-state index in [1.54, 1.807) is 18.4 Å². The van der Waals surface area contributed by atoms with Crippen LogP contribution in [0.3, 0.4) is 0 Å². The van der Waals surface area contributed by atoms with Gasteiger partial charge in [-0.1, -0.05) is 0 Å². The molecule has 0 fully saturated rings. The summed E-state index contributed by atoms with van der Waals surface area (Å²) in [4.78, 5) is 17.6. The molecule has 0 aliphatic heterocycles. The predicted molar refractivity (Wildman–Crippen MR) is 91.0 cm³/mol. The lowest BCUT2D eigenvalue weighted by Crippen LogP contribution is -2.31. The normalized spacial score (nSPS) is 12.2. The number of rotatable bonds is 6. The van der Waals surface area contributed by atoms with E-state index < -0.39 is 0 Å². The molecule has 0 aliphatic carbocycles. The van der Waals surface area contributed by atoms with Gasteiger partial charge in [-0.05, 0) is 27.7 Å². The number of nitrogens with one attached hydrogen (secondary N) is 2. The first kappa shape index (κ1) is 17.4. The van der Waals surface area contributed by atoms with Gasteiger partial charge in [0, 0.05) is 18.2 Å². The summed E-state index contributed by atoms with van der Waals surface area (Å²) in [6, 6.07) is -0.402. The number of aryl methyl sites for hydroxylation is 2. The summed E-state index contributed by atoms with van der Waals surface area (Å²) < 4.78 is 6.90. The second-order valence-electron chi connectivity index (χ2n) is 5.39. The number of amides is 2. The number of nitrogens with zero attached hydrogens (tertiary/aromatic N) is 3. The maximum absolute atomic E-state index is 12.2. The van der Waals surface area contributed by atoms with Crippen molar-refractivity contribution in [3.63, 3.8) is 0 Å². The molecule has 2 aromatic heterocycles. The minimum absolute atomic E-state index is 0.141. The van der Waals surface area contributed by atoms with Crippen molar-refractivity contribution in [1.82, 2.24) is 20.1 Å². The fraction of sp³-hybridized carbons (Fsp3) is 0.533. The quantitative estimate of drug-likeness (QED) is 0.849. The molecule has 0 radical (unpaired) electrons. The summed E-state index contributed by atoms with van der Waals surface area (Å²) in [6.07, 6.45) is 1.81. The Morgan fingerprint density at radius 3 is 2.78 bits per heavy atom. The summed E-state index contributed by atoms with van der Waals surface area (Å²) in [7, 11) is 1.65. The highest BCUT2D eigenvalue weighted by molar-refractivity contribution is 7.11. The van der Waals surface area contributed by atoms with Gasteiger partial charge in [-0.2, -0.15) is 5.10 Å².